The highest BCUT2D eigenvalue weighted by Crippen LogP contribution is 2.35. The normalized spacial score (nSPS) is 14.6. The molecule has 2 N–H and O–H groups in total. The number of nitrogens with zero attached hydrogens (tertiary/aromatic N) is 2. The summed E-state index contributed by atoms with van der Waals surface area (Å²) in [5.41, 5.74) is 2.22. The molecule has 158 valence electrons. The van der Waals surface area contributed by atoms with Crippen molar-refractivity contribution in [3.8, 4) is 11.1 Å². The third-order valence-electron chi connectivity index (χ3n) is 4.85. The second kappa shape index (κ2) is 8.39. The molecule has 4 rings (SSSR count). The lowest BCUT2D eigenvalue weighted by atomic mass is 10.1. The first-order chi connectivity index (χ1) is 15.0. The Morgan fingerprint density at radius 2 is 1.87 bits per heavy atom. The van der Waals surface area contributed by atoms with Crippen LogP contribution < -0.4 is 10.6 Å². The molecule has 9 heteroatoms. The number of hydrogen-bond donors (Lipinski definition) is 2. The fourth-order valence-corrected chi connectivity index (χ4v) is 3.35. The monoisotopic (exact) mass is 422 g/mol. The Morgan fingerprint density at radius 3 is 2.55 bits per heavy atom. The Kier molecular flexibility index (Phi) is 5.48. The van der Waals surface area contributed by atoms with E-state index in [4.69, 9.17) is 4.74 Å². The fourth-order valence-electron chi connectivity index (χ4n) is 3.35. The van der Waals surface area contributed by atoms with Gasteiger partial charge >= 0.3 is 5.97 Å². The second-order valence-corrected chi connectivity index (χ2v) is 6.91. The first kappa shape index (κ1) is 20.3. The molecule has 0 spiro atoms. The Morgan fingerprint density at radius 1 is 1.16 bits per heavy atom. The average Bonchev–Trinajstić information content (AvgIpc) is 3.29. The lowest BCUT2D eigenvalue weighted by molar-refractivity contribution is -0.123. The van der Waals surface area contributed by atoms with Crippen molar-refractivity contribution in [3.63, 3.8) is 0 Å². The summed E-state index contributed by atoms with van der Waals surface area (Å²) in [6, 6.07) is 11.3. The number of amides is 2. The molecule has 8 nitrogen and oxygen atoms in total. The van der Waals surface area contributed by atoms with Crippen molar-refractivity contribution >= 4 is 29.3 Å². The van der Waals surface area contributed by atoms with Gasteiger partial charge in [0.05, 0.1) is 24.8 Å². The Balaban J connectivity index is 1.45. The zero-order chi connectivity index (χ0) is 22.0. The maximum atomic E-state index is 13.2. The SMILES string of the molecule is CCOC(=O)c1ccc(NC(=O)CC2C(=O)Nc3c(-c4ccc(F)cc4)cnn32)cc1. The largest absolute Gasteiger partial charge is 0.462 e. The van der Waals surface area contributed by atoms with Crippen molar-refractivity contribution < 1.29 is 23.5 Å². The molecule has 1 aliphatic rings. The van der Waals surface area contributed by atoms with Gasteiger partial charge < -0.3 is 15.4 Å². The molecular weight excluding hydrogens is 403 g/mol. The van der Waals surface area contributed by atoms with Crippen molar-refractivity contribution in [2.24, 2.45) is 0 Å². The lowest BCUT2D eigenvalue weighted by Crippen LogP contribution is -2.23. The zero-order valence-corrected chi connectivity index (χ0v) is 16.6. The second-order valence-electron chi connectivity index (χ2n) is 6.91. The van der Waals surface area contributed by atoms with Gasteiger partial charge in [-0.05, 0) is 48.9 Å². The van der Waals surface area contributed by atoms with Gasteiger partial charge in [0.25, 0.3) is 5.91 Å². The number of fused-ring (bicyclic) bond motifs is 1. The minimum absolute atomic E-state index is 0.122. The van der Waals surface area contributed by atoms with Crippen LogP contribution >= 0.6 is 0 Å². The van der Waals surface area contributed by atoms with Gasteiger partial charge in [-0.1, -0.05) is 12.1 Å². The van der Waals surface area contributed by atoms with Crippen molar-refractivity contribution in [2.45, 2.75) is 19.4 Å². The molecule has 0 saturated heterocycles. The smallest absolute Gasteiger partial charge is 0.338 e. The van der Waals surface area contributed by atoms with E-state index in [1.54, 1.807) is 49.5 Å². The van der Waals surface area contributed by atoms with E-state index in [9.17, 15) is 18.8 Å². The van der Waals surface area contributed by atoms with E-state index in [1.807, 2.05) is 0 Å². The van der Waals surface area contributed by atoms with Crippen LogP contribution in [-0.4, -0.2) is 34.2 Å². The number of aromatic nitrogens is 2. The molecule has 2 heterocycles. The summed E-state index contributed by atoms with van der Waals surface area (Å²) < 4.78 is 19.6. The van der Waals surface area contributed by atoms with Crippen LogP contribution in [-0.2, 0) is 14.3 Å². The summed E-state index contributed by atoms with van der Waals surface area (Å²) in [6.45, 7) is 2.00. The first-order valence-corrected chi connectivity index (χ1v) is 9.67. The predicted octanol–water partition coefficient (Wildman–Crippen LogP) is 3.39. The van der Waals surface area contributed by atoms with Crippen LogP contribution in [0.3, 0.4) is 0 Å². The minimum Gasteiger partial charge on any atom is -0.462 e. The minimum atomic E-state index is -0.803. The number of rotatable bonds is 6. The average molecular weight is 422 g/mol. The molecular formula is C22H19FN4O4. The van der Waals surface area contributed by atoms with E-state index in [1.165, 1.54) is 16.8 Å². The van der Waals surface area contributed by atoms with Gasteiger partial charge in [0.15, 0.2) is 0 Å². The first-order valence-electron chi connectivity index (χ1n) is 9.67. The Hall–Kier alpha value is -4.01. The van der Waals surface area contributed by atoms with E-state index >= 15 is 0 Å². The van der Waals surface area contributed by atoms with Gasteiger partial charge in [0.1, 0.15) is 17.7 Å². The molecule has 1 unspecified atom stereocenters. The molecule has 2 amide bonds. The summed E-state index contributed by atoms with van der Waals surface area (Å²) in [7, 11) is 0. The number of anilines is 2. The molecule has 0 aliphatic carbocycles. The van der Waals surface area contributed by atoms with Crippen LogP contribution in [0.5, 0.6) is 0 Å². The molecule has 1 aliphatic heterocycles. The highest BCUT2D eigenvalue weighted by atomic mass is 19.1. The fraction of sp³-hybridized carbons (Fsp3) is 0.182. The number of carbonyl (C=O) groups is 3. The van der Waals surface area contributed by atoms with E-state index in [2.05, 4.69) is 15.7 Å². The van der Waals surface area contributed by atoms with Crippen LogP contribution in [0.15, 0.2) is 54.7 Å². The quantitative estimate of drug-likeness (QED) is 0.593. The third-order valence-corrected chi connectivity index (χ3v) is 4.85. The number of ether oxygens (including phenoxy) is 1. The van der Waals surface area contributed by atoms with Gasteiger partial charge in [-0.3, -0.25) is 9.59 Å². The highest BCUT2D eigenvalue weighted by Gasteiger charge is 2.35. The number of halogens is 1. The van der Waals surface area contributed by atoms with Crippen molar-refractivity contribution in [3.05, 3.63) is 66.1 Å². The van der Waals surface area contributed by atoms with Crippen LogP contribution in [0.1, 0.15) is 29.7 Å². The number of benzene rings is 2. The standard InChI is InChI=1S/C22H19FN4O4/c1-2-31-22(30)14-5-9-16(10-6-14)25-19(28)11-18-21(29)26-20-17(12-24-27(18)20)13-3-7-15(23)8-4-13/h3-10,12,18H,2,11H2,1H3,(H,25,28)(H,26,29). The van der Waals surface area contributed by atoms with Crippen LogP contribution in [0, 0.1) is 5.82 Å². The molecule has 31 heavy (non-hydrogen) atoms. The van der Waals surface area contributed by atoms with Crippen LogP contribution in [0.4, 0.5) is 15.9 Å². The number of hydrogen-bond acceptors (Lipinski definition) is 5. The summed E-state index contributed by atoms with van der Waals surface area (Å²) in [6.07, 6.45) is 1.45. The van der Waals surface area contributed by atoms with E-state index in [0.29, 0.717) is 28.2 Å². The Labute approximate surface area is 177 Å². The molecule has 1 atom stereocenters. The molecule has 0 radical (unpaired) electrons. The summed E-state index contributed by atoms with van der Waals surface area (Å²) in [4.78, 5) is 36.6. The lowest BCUT2D eigenvalue weighted by Gasteiger charge is -2.10. The topological polar surface area (TPSA) is 102 Å². The van der Waals surface area contributed by atoms with Crippen molar-refractivity contribution in [2.75, 3.05) is 17.2 Å². The summed E-state index contributed by atoms with van der Waals surface area (Å²) in [5.74, 6) is -1.06. The van der Waals surface area contributed by atoms with Gasteiger partial charge in [-0.25, -0.2) is 13.9 Å². The summed E-state index contributed by atoms with van der Waals surface area (Å²) >= 11 is 0. The van der Waals surface area contributed by atoms with E-state index < -0.39 is 12.0 Å². The van der Waals surface area contributed by atoms with Gasteiger partial charge in [0.2, 0.25) is 5.91 Å². The third kappa shape index (κ3) is 4.16. The van der Waals surface area contributed by atoms with Crippen LogP contribution in [0.25, 0.3) is 11.1 Å². The van der Waals surface area contributed by atoms with Crippen molar-refractivity contribution in [1.82, 2.24) is 9.78 Å². The molecule has 0 bridgehead atoms. The highest BCUT2D eigenvalue weighted by molar-refractivity contribution is 6.04. The van der Waals surface area contributed by atoms with Crippen LogP contribution in [0.2, 0.25) is 0 Å². The Bertz CT molecular complexity index is 1140. The number of carbonyl (C=O) groups excluding carboxylic acids is 3. The zero-order valence-electron chi connectivity index (χ0n) is 16.6. The number of nitrogens with one attached hydrogen (secondary N) is 2. The molecule has 0 saturated carbocycles. The molecule has 0 fully saturated rings. The van der Waals surface area contributed by atoms with Gasteiger partial charge in [0, 0.05) is 11.3 Å². The predicted molar refractivity (Wildman–Crippen MR) is 111 cm³/mol. The number of esters is 1. The molecule has 2 aromatic carbocycles. The maximum Gasteiger partial charge on any atom is 0.338 e. The van der Waals surface area contributed by atoms with E-state index in [-0.39, 0.29) is 30.7 Å². The molecule has 1 aromatic heterocycles. The maximum absolute atomic E-state index is 13.2. The van der Waals surface area contributed by atoms with Crippen molar-refractivity contribution in [1.29, 1.82) is 0 Å². The summed E-state index contributed by atoms with van der Waals surface area (Å²) in [5, 5.41) is 9.70. The molecule has 3 aromatic rings. The van der Waals surface area contributed by atoms with E-state index in [0.717, 1.165) is 0 Å². The van der Waals surface area contributed by atoms with Gasteiger partial charge in [-0.2, -0.15) is 5.10 Å². The van der Waals surface area contributed by atoms with Gasteiger partial charge in [-0.15, -0.1) is 0 Å².